The highest BCUT2D eigenvalue weighted by molar-refractivity contribution is 8.00. The molecule has 0 spiro atoms. The van der Waals surface area contributed by atoms with E-state index in [0.717, 1.165) is 12.8 Å². The zero-order valence-electron chi connectivity index (χ0n) is 11.5. The van der Waals surface area contributed by atoms with E-state index in [-0.39, 0.29) is 24.1 Å². The van der Waals surface area contributed by atoms with E-state index in [4.69, 9.17) is 4.74 Å². The maximum atomic E-state index is 13.0. The Morgan fingerprint density at radius 2 is 2.00 bits per heavy atom. The van der Waals surface area contributed by atoms with Crippen LogP contribution in [0.5, 0.6) is 0 Å². The molecule has 0 aromatic carbocycles. The minimum atomic E-state index is -2.56. The highest BCUT2D eigenvalue weighted by Crippen LogP contribution is 2.26. The first-order chi connectivity index (χ1) is 8.46. The van der Waals surface area contributed by atoms with Crippen molar-refractivity contribution in [2.45, 2.75) is 64.0 Å². The van der Waals surface area contributed by atoms with Crippen LogP contribution >= 0.6 is 11.8 Å². The molecule has 2 nitrogen and oxygen atoms in total. The van der Waals surface area contributed by atoms with Crippen LogP contribution in [0.1, 0.15) is 52.9 Å². The Kier molecular flexibility index (Phi) is 9.42. The van der Waals surface area contributed by atoms with E-state index in [1.54, 1.807) is 6.92 Å². The minimum absolute atomic E-state index is 0.0990. The van der Waals surface area contributed by atoms with Crippen molar-refractivity contribution in [1.29, 1.82) is 0 Å². The second kappa shape index (κ2) is 9.59. The summed E-state index contributed by atoms with van der Waals surface area (Å²) in [6.07, 6.45) is 1.85. The lowest BCUT2D eigenvalue weighted by atomic mass is 10.1. The summed E-state index contributed by atoms with van der Waals surface area (Å²) in [4.78, 5) is 11.6. The molecule has 1 unspecified atom stereocenters. The van der Waals surface area contributed by atoms with Gasteiger partial charge in [-0.3, -0.25) is 4.79 Å². The molecule has 5 heteroatoms. The zero-order valence-corrected chi connectivity index (χ0v) is 12.3. The van der Waals surface area contributed by atoms with Gasteiger partial charge in [0.25, 0.3) is 0 Å². The minimum Gasteiger partial charge on any atom is -0.465 e. The predicted octanol–water partition coefficient (Wildman–Crippen LogP) is 4.28. The number of hydrogen-bond acceptors (Lipinski definition) is 3. The Hall–Kier alpha value is -0.320. The van der Waals surface area contributed by atoms with Gasteiger partial charge in [-0.2, -0.15) is 0 Å². The van der Waals surface area contributed by atoms with E-state index >= 15 is 0 Å². The summed E-state index contributed by atoms with van der Waals surface area (Å²) in [7, 11) is 0. The molecule has 0 aliphatic rings. The molecule has 108 valence electrons. The van der Waals surface area contributed by atoms with E-state index in [2.05, 4.69) is 0 Å². The molecule has 0 aromatic heterocycles. The van der Waals surface area contributed by atoms with Crippen LogP contribution in [0.4, 0.5) is 8.78 Å². The highest BCUT2D eigenvalue weighted by Gasteiger charge is 2.26. The average molecular weight is 282 g/mol. The lowest BCUT2D eigenvalue weighted by molar-refractivity contribution is -0.142. The fourth-order valence-corrected chi connectivity index (χ4v) is 2.70. The SMILES string of the molecule is CCCC(SCCCC(F)(F)CC)C(=O)OCC. The van der Waals surface area contributed by atoms with Crippen molar-refractivity contribution < 1.29 is 18.3 Å². The van der Waals surface area contributed by atoms with E-state index in [9.17, 15) is 13.6 Å². The summed E-state index contributed by atoms with van der Waals surface area (Å²) < 4.78 is 31.0. The first kappa shape index (κ1) is 17.7. The molecule has 0 radical (unpaired) electrons. The number of halogens is 2. The molecule has 0 fully saturated rings. The number of ether oxygens (including phenoxy) is 1. The smallest absolute Gasteiger partial charge is 0.319 e. The van der Waals surface area contributed by atoms with Gasteiger partial charge >= 0.3 is 5.97 Å². The first-order valence-corrected chi connectivity index (χ1v) is 7.67. The Morgan fingerprint density at radius 3 is 2.50 bits per heavy atom. The Balaban J connectivity index is 3.94. The molecule has 0 heterocycles. The van der Waals surface area contributed by atoms with Gasteiger partial charge in [-0.15, -0.1) is 11.8 Å². The summed E-state index contributed by atoms with van der Waals surface area (Å²) in [6, 6.07) is 0. The molecule has 0 saturated carbocycles. The maximum Gasteiger partial charge on any atom is 0.319 e. The lowest BCUT2D eigenvalue weighted by Gasteiger charge is -2.16. The third-order valence-electron chi connectivity index (χ3n) is 2.62. The molecule has 0 rings (SSSR count). The number of esters is 1. The number of hydrogen-bond donors (Lipinski definition) is 0. The topological polar surface area (TPSA) is 26.3 Å². The number of thioether (sulfide) groups is 1. The molecular formula is C13H24F2O2S. The second-order valence-electron chi connectivity index (χ2n) is 4.21. The van der Waals surface area contributed by atoms with Crippen LogP contribution in [0, 0.1) is 0 Å². The fraction of sp³-hybridized carbons (Fsp3) is 0.923. The Bertz CT molecular complexity index is 235. The summed E-state index contributed by atoms with van der Waals surface area (Å²) in [5, 5.41) is -0.204. The highest BCUT2D eigenvalue weighted by atomic mass is 32.2. The van der Waals surface area contributed by atoms with Gasteiger partial charge in [0.15, 0.2) is 0 Å². The van der Waals surface area contributed by atoms with Gasteiger partial charge in [0, 0.05) is 12.8 Å². The third kappa shape index (κ3) is 7.90. The maximum absolute atomic E-state index is 13.0. The standard InChI is InChI=1S/C13H24F2O2S/c1-4-8-11(12(16)17-6-3)18-10-7-9-13(14,15)5-2/h11H,4-10H2,1-3H3. The van der Waals surface area contributed by atoms with Gasteiger partial charge in [-0.1, -0.05) is 20.3 Å². The second-order valence-corrected chi connectivity index (χ2v) is 5.52. The summed E-state index contributed by atoms with van der Waals surface area (Å²) >= 11 is 1.44. The summed E-state index contributed by atoms with van der Waals surface area (Å²) in [5.41, 5.74) is 0. The van der Waals surface area contributed by atoms with Gasteiger partial charge in [0.2, 0.25) is 5.92 Å². The van der Waals surface area contributed by atoms with Crippen molar-refractivity contribution in [3.8, 4) is 0 Å². The summed E-state index contributed by atoms with van der Waals surface area (Å²) in [6.45, 7) is 5.63. The molecule has 18 heavy (non-hydrogen) atoms. The van der Waals surface area contributed by atoms with Crippen molar-refractivity contribution in [3.05, 3.63) is 0 Å². The number of alkyl halides is 2. The average Bonchev–Trinajstić information content (AvgIpc) is 2.33. The largest absolute Gasteiger partial charge is 0.465 e. The van der Waals surface area contributed by atoms with Gasteiger partial charge in [-0.25, -0.2) is 8.78 Å². The quantitative estimate of drug-likeness (QED) is 0.442. The first-order valence-electron chi connectivity index (χ1n) is 6.62. The molecule has 0 amide bonds. The van der Waals surface area contributed by atoms with E-state index in [1.807, 2.05) is 6.92 Å². The molecule has 1 atom stereocenters. The van der Waals surface area contributed by atoms with Crippen LogP contribution < -0.4 is 0 Å². The van der Waals surface area contributed by atoms with Crippen molar-refractivity contribution in [2.24, 2.45) is 0 Å². The molecule has 0 N–H and O–H groups in total. The van der Waals surface area contributed by atoms with E-state index in [0.29, 0.717) is 18.8 Å². The molecule has 0 aromatic rings. The van der Waals surface area contributed by atoms with Crippen molar-refractivity contribution in [1.82, 2.24) is 0 Å². The van der Waals surface area contributed by atoms with Crippen molar-refractivity contribution in [2.75, 3.05) is 12.4 Å². The van der Waals surface area contributed by atoms with Gasteiger partial charge < -0.3 is 4.74 Å². The van der Waals surface area contributed by atoms with Crippen LogP contribution in [-0.4, -0.2) is 29.5 Å². The molecule has 0 aliphatic carbocycles. The molecule has 0 bridgehead atoms. The molecule has 0 aliphatic heterocycles. The number of rotatable bonds is 10. The van der Waals surface area contributed by atoms with Gasteiger partial charge in [0.05, 0.1) is 6.61 Å². The Morgan fingerprint density at radius 1 is 1.33 bits per heavy atom. The van der Waals surface area contributed by atoms with Crippen molar-refractivity contribution in [3.63, 3.8) is 0 Å². The van der Waals surface area contributed by atoms with E-state index in [1.165, 1.54) is 18.7 Å². The van der Waals surface area contributed by atoms with Crippen LogP contribution in [0.3, 0.4) is 0 Å². The molecule has 0 saturated heterocycles. The summed E-state index contributed by atoms with van der Waals surface area (Å²) in [5.74, 6) is -2.20. The number of carbonyl (C=O) groups is 1. The number of carbonyl (C=O) groups excluding carboxylic acids is 1. The monoisotopic (exact) mass is 282 g/mol. The van der Waals surface area contributed by atoms with Gasteiger partial charge in [0.1, 0.15) is 5.25 Å². The van der Waals surface area contributed by atoms with Crippen LogP contribution in [0.15, 0.2) is 0 Å². The molecular weight excluding hydrogens is 258 g/mol. The lowest BCUT2D eigenvalue weighted by Crippen LogP contribution is -2.21. The van der Waals surface area contributed by atoms with E-state index < -0.39 is 5.92 Å². The van der Waals surface area contributed by atoms with Crippen molar-refractivity contribution >= 4 is 17.7 Å². The van der Waals surface area contributed by atoms with Crippen LogP contribution in [0.2, 0.25) is 0 Å². The normalized spacial score (nSPS) is 13.4. The van der Waals surface area contributed by atoms with Gasteiger partial charge in [-0.05, 0) is 25.5 Å². The fourth-order valence-electron chi connectivity index (χ4n) is 1.50. The zero-order chi connectivity index (χ0) is 14.0. The van der Waals surface area contributed by atoms with Crippen LogP contribution in [0.25, 0.3) is 0 Å². The predicted molar refractivity (Wildman–Crippen MR) is 72.3 cm³/mol. The third-order valence-corrected chi connectivity index (χ3v) is 3.98. The Labute approximate surface area is 113 Å². The van der Waals surface area contributed by atoms with Crippen LogP contribution in [-0.2, 0) is 9.53 Å².